The van der Waals surface area contributed by atoms with E-state index in [1.165, 1.54) is 0 Å². The van der Waals surface area contributed by atoms with Gasteiger partial charge < -0.3 is 15.6 Å². The molecule has 0 heterocycles. The zero-order valence-electron chi connectivity index (χ0n) is 13.2. The summed E-state index contributed by atoms with van der Waals surface area (Å²) in [6, 6.07) is 8.97. The lowest BCUT2D eigenvalue weighted by Gasteiger charge is -2.21. The molecule has 124 valence electrons. The third-order valence-electron chi connectivity index (χ3n) is 3.64. The highest BCUT2D eigenvalue weighted by Gasteiger charge is 2.22. The van der Waals surface area contributed by atoms with Gasteiger partial charge in [-0.15, -0.1) is 0 Å². The van der Waals surface area contributed by atoms with Crippen molar-refractivity contribution in [3.63, 3.8) is 0 Å². The Morgan fingerprint density at radius 2 is 2.09 bits per heavy atom. The average molecular weight is 316 g/mol. The van der Waals surface area contributed by atoms with Crippen LogP contribution in [0.1, 0.15) is 18.4 Å². The van der Waals surface area contributed by atoms with Crippen LogP contribution in [0, 0.1) is 0 Å². The van der Waals surface area contributed by atoms with Crippen molar-refractivity contribution in [1.29, 1.82) is 0 Å². The van der Waals surface area contributed by atoms with E-state index in [0.717, 1.165) is 24.0 Å². The third-order valence-corrected chi connectivity index (χ3v) is 3.64. The number of rotatable bonds is 8. The summed E-state index contributed by atoms with van der Waals surface area (Å²) in [5.41, 5.74) is 7.41. The van der Waals surface area contributed by atoms with Crippen LogP contribution in [0.5, 0.6) is 0 Å². The Labute approximate surface area is 136 Å². The molecule has 0 amide bonds. The highest BCUT2D eigenvalue weighted by Crippen LogP contribution is 2.11. The third kappa shape index (κ3) is 5.98. The molecule has 0 aromatic heterocycles. The molecular formula is C18H24N2O3. The monoisotopic (exact) mass is 316 g/mol. The van der Waals surface area contributed by atoms with Gasteiger partial charge in [-0.3, -0.25) is 10.1 Å². The maximum atomic E-state index is 12.4. The molecule has 2 atom stereocenters. The fourth-order valence-corrected chi connectivity index (χ4v) is 2.39. The van der Waals surface area contributed by atoms with Gasteiger partial charge in [0.15, 0.2) is 0 Å². The maximum absolute atomic E-state index is 12.4. The number of carbonyl (C=O) groups excluding carboxylic acids is 1. The minimum atomic E-state index is -0.940. The molecular weight excluding hydrogens is 292 g/mol. The summed E-state index contributed by atoms with van der Waals surface area (Å²) in [6.07, 6.45) is 7.61. The van der Waals surface area contributed by atoms with Crippen LogP contribution in [0.15, 0.2) is 54.1 Å². The van der Waals surface area contributed by atoms with E-state index in [-0.39, 0.29) is 19.1 Å². The van der Waals surface area contributed by atoms with Crippen molar-refractivity contribution in [3.8, 4) is 0 Å². The highest BCUT2D eigenvalue weighted by atomic mass is 16.5. The van der Waals surface area contributed by atoms with Gasteiger partial charge in [-0.25, -0.2) is 0 Å². The number of hydrogen-bond acceptors (Lipinski definition) is 5. The van der Waals surface area contributed by atoms with Crippen LogP contribution in [0.25, 0.3) is 0 Å². The standard InChI is InChI=1S/C18H24N2O3/c19-12-17(21)20-16(11-14-7-3-1-4-8-14)18(22)23-13-15-9-5-2-6-10-15/h1,3-5,7-10,16-17,20-21H,2,6,11-13,19H2/t16-,17?/m0/s1. The van der Waals surface area contributed by atoms with Gasteiger partial charge in [-0.2, -0.15) is 0 Å². The van der Waals surface area contributed by atoms with Gasteiger partial charge in [0.2, 0.25) is 0 Å². The molecule has 0 radical (unpaired) electrons. The summed E-state index contributed by atoms with van der Waals surface area (Å²) in [4.78, 5) is 12.4. The van der Waals surface area contributed by atoms with E-state index in [1.54, 1.807) is 0 Å². The van der Waals surface area contributed by atoms with E-state index in [4.69, 9.17) is 10.5 Å². The Bertz CT molecular complexity index is 555. The van der Waals surface area contributed by atoms with Crippen molar-refractivity contribution in [2.45, 2.75) is 31.5 Å². The number of carbonyl (C=O) groups is 1. The highest BCUT2D eigenvalue weighted by molar-refractivity contribution is 5.76. The van der Waals surface area contributed by atoms with E-state index in [0.29, 0.717) is 6.42 Å². The summed E-state index contributed by atoms with van der Waals surface area (Å²) in [6.45, 7) is 0.285. The van der Waals surface area contributed by atoms with Crippen LogP contribution >= 0.6 is 0 Å². The molecule has 2 rings (SSSR count). The SMILES string of the molecule is NCC(O)N[C@@H](Cc1ccccc1)C(=O)OCC1=CCCC=C1. The number of ether oxygens (including phenoxy) is 1. The van der Waals surface area contributed by atoms with Gasteiger partial charge in [0, 0.05) is 6.54 Å². The molecule has 0 saturated carbocycles. The Morgan fingerprint density at radius 3 is 2.74 bits per heavy atom. The van der Waals surface area contributed by atoms with Crippen molar-refractivity contribution in [1.82, 2.24) is 5.32 Å². The van der Waals surface area contributed by atoms with Crippen LogP contribution in [0.4, 0.5) is 0 Å². The number of allylic oxidation sites excluding steroid dienone is 2. The second-order valence-corrected chi connectivity index (χ2v) is 5.53. The van der Waals surface area contributed by atoms with Crippen LogP contribution in [0.2, 0.25) is 0 Å². The molecule has 1 aliphatic rings. The molecule has 0 spiro atoms. The minimum absolute atomic E-state index is 0.0342. The quantitative estimate of drug-likeness (QED) is 0.497. The van der Waals surface area contributed by atoms with E-state index in [1.807, 2.05) is 36.4 Å². The second-order valence-electron chi connectivity index (χ2n) is 5.53. The Balaban J connectivity index is 1.95. The van der Waals surface area contributed by atoms with E-state index < -0.39 is 12.3 Å². The summed E-state index contributed by atoms with van der Waals surface area (Å²) >= 11 is 0. The average Bonchev–Trinajstić information content (AvgIpc) is 2.60. The van der Waals surface area contributed by atoms with Gasteiger partial charge in [-0.05, 0) is 30.4 Å². The lowest BCUT2D eigenvalue weighted by atomic mass is 10.1. The van der Waals surface area contributed by atoms with Gasteiger partial charge in [0.05, 0.1) is 0 Å². The normalized spacial score (nSPS) is 16.5. The zero-order chi connectivity index (χ0) is 16.5. The van der Waals surface area contributed by atoms with E-state index in [9.17, 15) is 9.90 Å². The number of nitrogens with one attached hydrogen (secondary N) is 1. The molecule has 4 N–H and O–H groups in total. The number of nitrogens with two attached hydrogens (primary N) is 1. The predicted octanol–water partition coefficient (Wildman–Crippen LogP) is 1.28. The first-order valence-electron chi connectivity index (χ1n) is 7.89. The first-order chi connectivity index (χ1) is 11.2. The summed E-state index contributed by atoms with van der Waals surface area (Å²) in [5.74, 6) is -0.388. The second kappa shape index (κ2) is 9.25. The Morgan fingerprint density at radius 1 is 1.30 bits per heavy atom. The molecule has 1 aromatic carbocycles. The van der Waals surface area contributed by atoms with E-state index >= 15 is 0 Å². The van der Waals surface area contributed by atoms with Crippen LogP contribution < -0.4 is 11.1 Å². The maximum Gasteiger partial charge on any atom is 0.323 e. The molecule has 1 unspecified atom stereocenters. The first kappa shape index (κ1) is 17.4. The molecule has 1 aromatic rings. The van der Waals surface area contributed by atoms with Gasteiger partial charge in [0.1, 0.15) is 18.9 Å². The van der Waals surface area contributed by atoms with Crippen molar-refractivity contribution in [3.05, 3.63) is 59.7 Å². The molecule has 0 saturated heterocycles. The molecule has 0 bridgehead atoms. The zero-order valence-corrected chi connectivity index (χ0v) is 13.2. The molecule has 5 heteroatoms. The number of benzene rings is 1. The largest absolute Gasteiger partial charge is 0.460 e. The van der Waals surface area contributed by atoms with Crippen LogP contribution in [-0.2, 0) is 16.0 Å². The lowest BCUT2D eigenvalue weighted by molar-refractivity contribution is -0.146. The summed E-state index contributed by atoms with van der Waals surface area (Å²) < 4.78 is 5.39. The molecule has 0 fully saturated rings. The Kier molecular flexibility index (Phi) is 7.00. The smallest absolute Gasteiger partial charge is 0.323 e. The fraction of sp³-hybridized carbons (Fsp3) is 0.389. The fourth-order valence-electron chi connectivity index (χ4n) is 2.39. The van der Waals surface area contributed by atoms with Gasteiger partial charge >= 0.3 is 5.97 Å². The Hall–Kier alpha value is -1.95. The number of esters is 1. The first-order valence-corrected chi connectivity index (χ1v) is 7.89. The van der Waals surface area contributed by atoms with Crippen molar-refractivity contribution in [2.24, 2.45) is 5.73 Å². The van der Waals surface area contributed by atoms with Gasteiger partial charge in [-0.1, -0.05) is 48.6 Å². The predicted molar refractivity (Wildman–Crippen MR) is 89.5 cm³/mol. The number of hydrogen-bond donors (Lipinski definition) is 3. The summed E-state index contributed by atoms with van der Waals surface area (Å²) in [7, 11) is 0. The summed E-state index contributed by atoms with van der Waals surface area (Å²) in [5, 5.41) is 12.5. The van der Waals surface area contributed by atoms with Crippen LogP contribution in [0.3, 0.4) is 0 Å². The lowest BCUT2D eigenvalue weighted by Crippen LogP contribution is -2.48. The number of aliphatic hydroxyl groups excluding tert-OH is 1. The van der Waals surface area contributed by atoms with Crippen molar-refractivity contribution < 1.29 is 14.6 Å². The van der Waals surface area contributed by atoms with E-state index in [2.05, 4.69) is 17.5 Å². The molecule has 23 heavy (non-hydrogen) atoms. The molecule has 5 nitrogen and oxygen atoms in total. The van der Waals surface area contributed by atoms with Gasteiger partial charge in [0.25, 0.3) is 0 Å². The topological polar surface area (TPSA) is 84.6 Å². The minimum Gasteiger partial charge on any atom is -0.460 e. The van der Waals surface area contributed by atoms with Crippen molar-refractivity contribution in [2.75, 3.05) is 13.2 Å². The van der Waals surface area contributed by atoms with Crippen LogP contribution in [-0.4, -0.2) is 36.5 Å². The number of aliphatic hydroxyl groups is 1. The van der Waals surface area contributed by atoms with Crippen molar-refractivity contribution >= 4 is 5.97 Å². The molecule has 0 aliphatic heterocycles. The molecule has 1 aliphatic carbocycles.